The molecule has 0 aliphatic heterocycles. The van der Waals surface area contributed by atoms with Crippen molar-refractivity contribution in [2.24, 2.45) is 0 Å². The van der Waals surface area contributed by atoms with Gasteiger partial charge < -0.3 is 15.0 Å². The van der Waals surface area contributed by atoms with Gasteiger partial charge in [0.25, 0.3) is 0 Å². The lowest BCUT2D eigenvalue weighted by Gasteiger charge is -2.33. The lowest BCUT2D eigenvalue weighted by molar-refractivity contribution is -0.140. The molecular formula is C31H39N3O5S. The van der Waals surface area contributed by atoms with Crippen molar-refractivity contribution < 1.29 is 22.7 Å². The molecule has 8 nitrogen and oxygen atoms in total. The van der Waals surface area contributed by atoms with Crippen LogP contribution in [-0.2, 0) is 32.6 Å². The van der Waals surface area contributed by atoms with Gasteiger partial charge in [-0.05, 0) is 36.6 Å². The summed E-state index contributed by atoms with van der Waals surface area (Å²) in [6, 6.07) is 23.0. The summed E-state index contributed by atoms with van der Waals surface area (Å²) in [4.78, 5) is 29.2. The molecule has 2 amide bonds. The van der Waals surface area contributed by atoms with Crippen molar-refractivity contribution in [3.05, 3.63) is 95.6 Å². The van der Waals surface area contributed by atoms with E-state index in [9.17, 15) is 18.0 Å². The number of rotatable bonds is 14. The molecule has 0 heterocycles. The summed E-state index contributed by atoms with van der Waals surface area (Å²) in [5.74, 6) is -0.449. The van der Waals surface area contributed by atoms with Gasteiger partial charge >= 0.3 is 0 Å². The maximum Gasteiger partial charge on any atom is 0.244 e. The van der Waals surface area contributed by atoms with E-state index in [1.165, 1.54) is 12.0 Å². The normalized spacial score (nSPS) is 11.9. The average Bonchev–Trinajstić information content (AvgIpc) is 2.93. The summed E-state index contributed by atoms with van der Waals surface area (Å²) in [5.41, 5.74) is 3.01. The summed E-state index contributed by atoms with van der Waals surface area (Å²) >= 11 is 0. The summed E-state index contributed by atoms with van der Waals surface area (Å²) in [6.07, 6.45) is 3.06. The topological polar surface area (TPSA) is 96.0 Å². The summed E-state index contributed by atoms with van der Waals surface area (Å²) in [5, 5.41) is 2.99. The van der Waals surface area contributed by atoms with Crippen LogP contribution >= 0.6 is 0 Å². The monoisotopic (exact) mass is 565 g/mol. The number of hydrogen-bond donors (Lipinski definition) is 1. The molecule has 1 atom stereocenters. The fraction of sp³-hybridized carbons (Fsp3) is 0.355. The molecule has 214 valence electrons. The molecule has 0 aromatic heterocycles. The molecule has 0 radical (unpaired) electrons. The quantitative estimate of drug-likeness (QED) is 0.294. The first kappa shape index (κ1) is 30.7. The van der Waals surface area contributed by atoms with Crippen LogP contribution in [0.3, 0.4) is 0 Å². The number of unbranched alkanes of at least 4 members (excludes halogenated alkanes) is 1. The van der Waals surface area contributed by atoms with Crippen LogP contribution < -0.4 is 14.4 Å². The largest absolute Gasteiger partial charge is 0.495 e. The highest BCUT2D eigenvalue weighted by atomic mass is 32.2. The van der Waals surface area contributed by atoms with E-state index in [0.717, 1.165) is 40.1 Å². The standard InChI is InChI=1S/C31H39N3O5S/c1-5-6-19-32-31(36)28(21-25-14-8-7-9-15-25)33(22-26-16-12-13-24(2)20-26)30(35)23-34(40(4,37)38)27-17-10-11-18-29(27)39-3/h7-18,20,28H,5-6,19,21-23H2,1-4H3,(H,32,36)/t28-/m1/s1. The fourth-order valence-corrected chi connectivity index (χ4v) is 5.35. The number of anilines is 1. The number of carbonyl (C=O) groups excluding carboxylic acids is 2. The zero-order valence-electron chi connectivity index (χ0n) is 23.7. The van der Waals surface area contributed by atoms with Gasteiger partial charge in [0.1, 0.15) is 18.3 Å². The predicted molar refractivity (Wildman–Crippen MR) is 159 cm³/mol. The molecule has 40 heavy (non-hydrogen) atoms. The molecule has 0 saturated heterocycles. The van der Waals surface area contributed by atoms with Gasteiger partial charge in [0.15, 0.2) is 0 Å². The molecule has 0 unspecified atom stereocenters. The van der Waals surface area contributed by atoms with E-state index in [2.05, 4.69) is 5.32 Å². The third-order valence-electron chi connectivity index (χ3n) is 6.57. The molecule has 3 rings (SSSR count). The number of nitrogens with one attached hydrogen (secondary N) is 1. The van der Waals surface area contributed by atoms with Crippen LogP contribution in [-0.4, -0.2) is 57.6 Å². The van der Waals surface area contributed by atoms with Crippen LogP contribution in [0.25, 0.3) is 0 Å². The summed E-state index contributed by atoms with van der Waals surface area (Å²) in [6.45, 7) is 4.14. The van der Waals surface area contributed by atoms with Crippen molar-refractivity contribution in [1.29, 1.82) is 0 Å². The Labute approximate surface area is 238 Å². The van der Waals surface area contributed by atoms with Crippen LogP contribution in [0.1, 0.15) is 36.5 Å². The maximum atomic E-state index is 14.1. The molecular weight excluding hydrogens is 526 g/mol. The van der Waals surface area contributed by atoms with Crippen LogP contribution in [0.5, 0.6) is 5.75 Å². The van der Waals surface area contributed by atoms with Crippen molar-refractivity contribution in [3.8, 4) is 5.75 Å². The zero-order chi connectivity index (χ0) is 29.1. The van der Waals surface area contributed by atoms with Crippen LogP contribution in [0.2, 0.25) is 0 Å². The van der Waals surface area contributed by atoms with Gasteiger partial charge in [-0.3, -0.25) is 13.9 Å². The van der Waals surface area contributed by atoms with Gasteiger partial charge in [0.05, 0.1) is 19.1 Å². The number of methoxy groups -OCH3 is 1. The van der Waals surface area contributed by atoms with Gasteiger partial charge in [0.2, 0.25) is 21.8 Å². The number of sulfonamides is 1. The fourth-order valence-electron chi connectivity index (χ4n) is 4.50. The minimum atomic E-state index is -3.88. The lowest BCUT2D eigenvalue weighted by Crippen LogP contribution is -2.53. The second-order valence-electron chi connectivity index (χ2n) is 9.80. The summed E-state index contributed by atoms with van der Waals surface area (Å²) in [7, 11) is -2.43. The molecule has 9 heteroatoms. The van der Waals surface area contributed by atoms with E-state index in [1.54, 1.807) is 24.3 Å². The molecule has 1 N–H and O–H groups in total. The SMILES string of the molecule is CCCCNC(=O)[C@@H](Cc1ccccc1)N(Cc1cccc(C)c1)C(=O)CN(c1ccccc1OC)S(C)(=O)=O. The highest BCUT2D eigenvalue weighted by molar-refractivity contribution is 7.92. The number of nitrogens with zero attached hydrogens (tertiary/aromatic N) is 2. The number of benzene rings is 3. The van der Waals surface area contributed by atoms with Crippen molar-refractivity contribution in [2.45, 2.75) is 45.7 Å². The highest BCUT2D eigenvalue weighted by Crippen LogP contribution is 2.30. The molecule has 0 aliphatic carbocycles. The number of para-hydroxylation sites is 2. The first-order chi connectivity index (χ1) is 19.1. The van der Waals surface area contributed by atoms with Crippen molar-refractivity contribution in [3.63, 3.8) is 0 Å². The second-order valence-corrected chi connectivity index (χ2v) is 11.7. The maximum absolute atomic E-state index is 14.1. The Kier molecular flexibility index (Phi) is 11.1. The van der Waals surface area contributed by atoms with E-state index >= 15 is 0 Å². The number of ether oxygens (including phenoxy) is 1. The van der Waals surface area contributed by atoms with Crippen LogP contribution in [0.15, 0.2) is 78.9 Å². The van der Waals surface area contributed by atoms with E-state index in [1.807, 2.05) is 68.4 Å². The third kappa shape index (κ3) is 8.58. The van der Waals surface area contributed by atoms with Crippen LogP contribution in [0.4, 0.5) is 5.69 Å². The van der Waals surface area contributed by atoms with E-state index in [4.69, 9.17) is 4.74 Å². The van der Waals surface area contributed by atoms with Crippen molar-refractivity contribution in [1.82, 2.24) is 10.2 Å². The van der Waals surface area contributed by atoms with Gasteiger partial charge in [-0.1, -0.05) is 85.6 Å². The minimum Gasteiger partial charge on any atom is -0.495 e. The molecule has 3 aromatic carbocycles. The lowest BCUT2D eigenvalue weighted by atomic mass is 10.0. The van der Waals surface area contributed by atoms with Gasteiger partial charge in [-0.15, -0.1) is 0 Å². The number of hydrogen-bond acceptors (Lipinski definition) is 5. The van der Waals surface area contributed by atoms with Crippen molar-refractivity contribution in [2.75, 3.05) is 30.8 Å². The number of carbonyl (C=O) groups is 2. The highest BCUT2D eigenvalue weighted by Gasteiger charge is 2.33. The smallest absolute Gasteiger partial charge is 0.244 e. The predicted octanol–water partition coefficient (Wildman–Crippen LogP) is 4.33. The molecule has 0 bridgehead atoms. The Bertz CT molecular complexity index is 1380. The number of aryl methyl sites for hydroxylation is 1. The Morgan fingerprint density at radius 3 is 2.27 bits per heavy atom. The van der Waals surface area contributed by atoms with Crippen LogP contribution in [0, 0.1) is 6.92 Å². The van der Waals surface area contributed by atoms with Gasteiger partial charge in [0, 0.05) is 19.5 Å². The average molecular weight is 566 g/mol. The molecule has 0 aliphatic rings. The molecule has 3 aromatic rings. The molecule has 0 fully saturated rings. The second kappa shape index (κ2) is 14.5. The minimum absolute atomic E-state index is 0.142. The van der Waals surface area contributed by atoms with Crippen molar-refractivity contribution >= 4 is 27.5 Å². The van der Waals surface area contributed by atoms with Gasteiger partial charge in [-0.2, -0.15) is 0 Å². The van der Waals surface area contributed by atoms with Gasteiger partial charge in [-0.25, -0.2) is 8.42 Å². The Hall–Kier alpha value is -3.85. The number of amides is 2. The zero-order valence-corrected chi connectivity index (χ0v) is 24.5. The first-order valence-corrected chi connectivity index (χ1v) is 15.3. The molecule has 0 spiro atoms. The summed E-state index contributed by atoms with van der Waals surface area (Å²) < 4.78 is 32.3. The Balaban J connectivity index is 2.05. The Morgan fingerprint density at radius 2 is 1.62 bits per heavy atom. The van der Waals surface area contributed by atoms with E-state index < -0.39 is 28.5 Å². The first-order valence-electron chi connectivity index (χ1n) is 13.4. The van der Waals surface area contributed by atoms with E-state index in [0.29, 0.717) is 12.3 Å². The Morgan fingerprint density at radius 1 is 0.950 bits per heavy atom. The molecule has 0 saturated carbocycles. The third-order valence-corrected chi connectivity index (χ3v) is 7.70. The van der Waals surface area contributed by atoms with E-state index in [-0.39, 0.29) is 24.6 Å².